The van der Waals surface area contributed by atoms with E-state index in [0.29, 0.717) is 0 Å². The number of hydrogen-bond donors (Lipinski definition) is 1. The number of halogens is 2. The Morgan fingerprint density at radius 3 is 2.29 bits per heavy atom. The van der Waals surface area contributed by atoms with E-state index in [-0.39, 0.29) is 30.4 Å². The Balaban J connectivity index is 0.000000980. The van der Waals surface area contributed by atoms with Gasteiger partial charge in [-0.1, -0.05) is 0 Å². The standard InChI is InChI=1S/C10H12FNO.ClH/c11-7-1-3-9(4-2-7)13-10-5-8(12)6-10;/h1-4,8,10H,5-6,12H2;1H/t8-,10-;. The summed E-state index contributed by atoms with van der Waals surface area (Å²) in [5.41, 5.74) is 5.61. The quantitative estimate of drug-likeness (QED) is 0.824. The number of nitrogens with two attached hydrogens (primary N) is 1. The monoisotopic (exact) mass is 217 g/mol. The Hall–Kier alpha value is -0.800. The predicted molar refractivity (Wildman–Crippen MR) is 55.3 cm³/mol. The lowest BCUT2D eigenvalue weighted by Gasteiger charge is -2.32. The molecule has 1 aliphatic rings. The molecule has 0 heterocycles. The van der Waals surface area contributed by atoms with Gasteiger partial charge in [-0.05, 0) is 37.1 Å². The third kappa shape index (κ3) is 2.59. The van der Waals surface area contributed by atoms with Crippen molar-refractivity contribution < 1.29 is 9.13 Å². The third-order valence-electron chi connectivity index (χ3n) is 2.25. The van der Waals surface area contributed by atoms with Gasteiger partial charge in [0.25, 0.3) is 0 Å². The van der Waals surface area contributed by atoms with Crippen LogP contribution in [-0.2, 0) is 0 Å². The van der Waals surface area contributed by atoms with Crippen molar-refractivity contribution in [1.29, 1.82) is 0 Å². The molecule has 2 nitrogen and oxygen atoms in total. The van der Waals surface area contributed by atoms with Gasteiger partial charge in [-0.2, -0.15) is 0 Å². The Morgan fingerprint density at radius 1 is 1.21 bits per heavy atom. The Morgan fingerprint density at radius 2 is 1.79 bits per heavy atom. The molecule has 0 radical (unpaired) electrons. The van der Waals surface area contributed by atoms with Gasteiger partial charge in [0.05, 0.1) is 0 Å². The van der Waals surface area contributed by atoms with Crippen LogP contribution >= 0.6 is 12.4 Å². The van der Waals surface area contributed by atoms with E-state index < -0.39 is 0 Å². The van der Waals surface area contributed by atoms with E-state index in [2.05, 4.69) is 0 Å². The minimum atomic E-state index is -0.238. The first-order valence-corrected chi connectivity index (χ1v) is 4.42. The Labute approximate surface area is 88.7 Å². The lowest BCUT2D eigenvalue weighted by atomic mass is 9.90. The van der Waals surface area contributed by atoms with Crippen LogP contribution in [0, 0.1) is 5.82 Å². The molecule has 0 aromatic heterocycles. The molecule has 0 saturated heterocycles. The summed E-state index contributed by atoms with van der Waals surface area (Å²) in [6, 6.07) is 6.35. The van der Waals surface area contributed by atoms with E-state index in [1.807, 2.05) is 0 Å². The van der Waals surface area contributed by atoms with E-state index in [4.69, 9.17) is 10.5 Å². The smallest absolute Gasteiger partial charge is 0.123 e. The fourth-order valence-electron chi connectivity index (χ4n) is 1.41. The minimum Gasteiger partial charge on any atom is -0.490 e. The first kappa shape index (κ1) is 11.3. The molecule has 0 amide bonds. The molecule has 0 aliphatic heterocycles. The van der Waals surface area contributed by atoms with E-state index >= 15 is 0 Å². The zero-order valence-electron chi connectivity index (χ0n) is 7.65. The van der Waals surface area contributed by atoms with Crippen molar-refractivity contribution in [3.8, 4) is 5.75 Å². The summed E-state index contributed by atoms with van der Waals surface area (Å²) < 4.78 is 18.0. The van der Waals surface area contributed by atoms with Crippen LogP contribution in [0.25, 0.3) is 0 Å². The summed E-state index contributed by atoms with van der Waals surface area (Å²) in [6.45, 7) is 0. The van der Waals surface area contributed by atoms with Gasteiger partial charge in [-0.15, -0.1) is 12.4 Å². The van der Waals surface area contributed by atoms with E-state index in [1.54, 1.807) is 12.1 Å². The maximum Gasteiger partial charge on any atom is 0.123 e. The second kappa shape index (κ2) is 4.62. The minimum absolute atomic E-state index is 0. The maximum absolute atomic E-state index is 12.5. The van der Waals surface area contributed by atoms with Gasteiger partial charge in [0.2, 0.25) is 0 Å². The fraction of sp³-hybridized carbons (Fsp3) is 0.400. The lowest BCUT2D eigenvalue weighted by Crippen LogP contribution is -2.43. The summed E-state index contributed by atoms with van der Waals surface area (Å²) >= 11 is 0. The van der Waals surface area contributed by atoms with Gasteiger partial charge in [0, 0.05) is 6.04 Å². The highest BCUT2D eigenvalue weighted by molar-refractivity contribution is 5.85. The molecule has 14 heavy (non-hydrogen) atoms. The second-order valence-electron chi connectivity index (χ2n) is 3.43. The number of rotatable bonds is 2. The van der Waals surface area contributed by atoms with Crippen LogP contribution in [0.5, 0.6) is 5.75 Å². The predicted octanol–water partition coefficient (Wildman–Crippen LogP) is 2.12. The van der Waals surface area contributed by atoms with Crippen molar-refractivity contribution in [3.05, 3.63) is 30.1 Å². The van der Waals surface area contributed by atoms with Crippen LogP contribution in [0.1, 0.15) is 12.8 Å². The third-order valence-corrected chi connectivity index (χ3v) is 2.25. The highest BCUT2D eigenvalue weighted by Crippen LogP contribution is 2.24. The van der Waals surface area contributed by atoms with Crippen molar-refractivity contribution in [2.24, 2.45) is 5.73 Å². The SMILES string of the molecule is Cl.N[C@H]1C[C@H](Oc2ccc(F)cc2)C1. The largest absolute Gasteiger partial charge is 0.490 e. The number of hydrogen-bond acceptors (Lipinski definition) is 2. The second-order valence-corrected chi connectivity index (χ2v) is 3.43. The molecule has 1 saturated carbocycles. The van der Waals surface area contributed by atoms with Crippen molar-refractivity contribution >= 4 is 12.4 Å². The molecule has 1 aromatic carbocycles. The molecule has 2 N–H and O–H groups in total. The van der Waals surface area contributed by atoms with Crippen LogP contribution in [-0.4, -0.2) is 12.1 Å². The molecular formula is C10H13ClFNO. The Kier molecular flexibility index (Phi) is 3.72. The molecule has 0 unspecified atom stereocenters. The maximum atomic E-state index is 12.5. The molecule has 0 atom stereocenters. The fourth-order valence-corrected chi connectivity index (χ4v) is 1.41. The topological polar surface area (TPSA) is 35.2 Å². The van der Waals surface area contributed by atoms with Crippen molar-refractivity contribution in [1.82, 2.24) is 0 Å². The van der Waals surface area contributed by atoms with Gasteiger partial charge < -0.3 is 10.5 Å². The lowest BCUT2D eigenvalue weighted by molar-refractivity contribution is 0.101. The van der Waals surface area contributed by atoms with Crippen molar-refractivity contribution in [2.45, 2.75) is 25.0 Å². The van der Waals surface area contributed by atoms with Gasteiger partial charge in [-0.3, -0.25) is 0 Å². The summed E-state index contributed by atoms with van der Waals surface area (Å²) in [5.74, 6) is 0.482. The average Bonchev–Trinajstić information content (AvgIpc) is 2.06. The van der Waals surface area contributed by atoms with Crippen LogP contribution < -0.4 is 10.5 Å². The summed E-state index contributed by atoms with van der Waals surface area (Å²) in [6.07, 6.45) is 2.02. The molecule has 0 bridgehead atoms. The summed E-state index contributed by atoms with van der Waals surface area (Å²) in [7, 11) is 0. The van der Waals surface area contributed by atoms with Crippen LogP contribution in [0.15, 0.2) is 24.3 Å². The van der Waals surface area contributed by atoms with Crippen LogP contribution in [0.2, 0.25) is 0 Å². The first-order chi connectivity index (χ1) is 6.24. The van der Waals surface area contributed by atoms with E-state index in [9.17, 15) is 4.39 Å². The zero-order valence-corrected chi connectivity index (χ0v) is 8.47. The van der Waals surface area contributed by atoms with Gasteiger partial charge in [0.1, 0.15) is 17.7 Å². The van der Waals surface area contributed by atoms with Crippen LogP contribution in [0.3, 0.4) is 0 Å². The van der Waals surface area contributed by atoms with Crippen molar-refractivity contribution in [3.63, 3.8) is 0 Å². The highest BCUT2D eigenvalue weighted by atomic mass is 35.5. The molecule has 0 spiro atoms. The first-order valence-electron chi connectivity index (χ1n) is 4.42. The molecule has 78 valence electrons. The normalized spacial score (nSPS) is 24.7. The van der Waals surface area contributed by atoms with Gasteiger partial charge >= 0.3 is 0 Å². The molecule has 1 fully saturated rings. The van der Waals surface area contributed by atoms with Gasteiger partial charge in [-0.25, -0.2) is 4.39 Å². The van der Waals surface area contributed by atoms with E-state index in [1.165, 1.54) is 12.1 Å². The Bertz CT molecular complexity index is 285. The zero-order chi connectivity index (χ0) is 9.26. The molecular weight excluding hydrogens is 205 g/mol. The number of benzene rings is 1. The molecule has 4 heteroatoms. The van der Waals surface area contributed by atoms with Crippen LogP contribution in [0.4, 0.5) is 4.39 Å². The molecule has 1 aromatic rings. The number of ether oxygens (including phenoxy) is 1. The van der Waals surface area contributed by atoms with Crippen molar-refractivity contribution in [2.75, 3.05) is 0 Å². The van der Waals surface area contributed by atoms with Gasteiger partial charge in [0.15, 0.2) is 0 Å². The highest BCUT2D eigenvalue weighted by Gasteiger charge is 2.27. The summed E-state index contributed by atoms with van der Waals surface area (Å²) in [5, 5.41) is 0. The summed E-state index contributed by atoms with van der Waals surface area (Å²) in [4.78, 5) is 0. The molecule has 1 aliphatic carbocycles. The average molecular weight is 218 g/mol. The van der Waals surface area contributed by atoms with E-state index in [0.717, 1.165) is 18.6 Å². The molecule has 2 rings (SSSR count).